The minimum Gasteiger partial charge on any atom is -0.422 e. The van der Waals surface area contributed by atoms with Crippen molar-refractivity contribution >= 4 is 5.91 Å². The molecule has 0 N–H and O–H groups in total. The first-order valence-electron chi connectivity index (χ1n) is 8.56. The Morgan fingerprint density at radius 2 is 2.00 bits per heavy atom. The zero-order chi connectivity index (χ0) is 17.8. The van der Waals surface area contributed by atoms with E-state index in [1.54, 1.807) is 23.2 Å². The van der Waals surface area contributed by atoms with Gasteiger partial charge in [-0.3, -0.25) is 9.78 Å². The lowest BCUT2D eigenvalue weighted by molar-refractivity contribution is 0.0689. The predicted molar refractivity (Wildman–Crippen MR) is 92.9 cm³/mol. The summed E-state index contributed by atoms with van der Waals surface area (Å²) in [7, 11) is 0. The summed E-state index contributed by atoms with van der Waals surface area (Å²) in [4.78, 5) is 22.9. The van der Waals surface area contributed by atoms with E-state index in [0.29, 0.717) is 30.4 Å². The van der Waals surface area contributed by atoms with Crippen LogP contribution in [0.5, 0.6) is 11.8 Å². The van der Waals surface area contributed by atoms with Crippen LogP contribution in [0.2, 0.25) is 0 Å². The third-order valence-electron chi connectivity index (χ3n) is 4.32. The highest BCUT2D eigenvalue weighted by atomic mass is 16.6. The minimum absolute atomic E-state index is 0.00274. The van der Waals surface area contributed by atoms with Gasteiger partial charge in [-0.2, -0.15) is 4.98 Å². The maximum atomic E-state index is 12.6. The fourth-order valence-electron chi connectivity index (χ4n) is 3.04. The van der Waals surface area contributed by atoms with Crippen molar-refractivity contribution in [1.82, 2.24) is 20.0 Å². The molecule has 1 saturated heterocycles. The number of amides is 1. The summed E-state index contributed by atoms with van der Waals surface area (Å²) in [6.07, 6.45) is 3.39. The van der Waals surface area contributed by atoms with Crippen molar-refractivity contribution < 1.29 is 14.1 Å². The molecule has 3 heterocycles. The molecule has 132 valence electrons. The van der Waals surface area contributed by atoms with Gasteiger partial charge < -0.3 is 14.2 Å². The number of carbonyl (C=O) groups is 1. The first-order chi connectivity index (χ1) is 12.8. The summed E-state index contributed by atoms with van der Waals surface area (Å²) in [5.74, 6) is 1.07. The number of hydrogen-bond acceptors (Lipinski definition) is 6. The maximum Gasteiger partial charge on any atom is 0.359 e. The number of benzene rings is 1. The lowest BCUT2D eigenvalue weighted by Crippen LogP contribution is -2.39. The van der Waals surface area contributed by atoms with Crippen molar-refractivity contribution in [3.05, 3.63) is 66.3 Å². The summed E-state index contributed by atoms with van der Waals surface area (Å²) >= 11 is 0. The Morgan fingerprint density at radius 1 is 1.15 bits per heavy atom. The summed E-state index contributed by atoms with van der Waals surface area (Å²) in [6.45, 7) is 1.23. The number of piperidine rings is 1. The molecule has 0 radical (unpaired) electrons. The summed E-state index contributed by atoms with van der Waals surface area (Å²) in [5, 5.41) is 3.89. The number of rotatable bonds is 4. The second-order valence-electron chi connectivity index (χ2n) is 6.14. The average Bonchev–Trinajstić information content (AvgIpc) is 3.17. The minimum atomic E-state index is -0.0735. The number of hydrogen-bond donors (Lipinski definition) is 0. The van der Waals surface area contributed by atoms with Gasteiger partial charge in [0.1, 0.15) is 11.4 Å². The van der Waals surface area contributed by atoms with Crippen LogP contribution in [0.4, 0.5) is 0 Å². The lowest BCUT2D eigenvalue weighted by Gasteiger charge is -2.30. The molecule has 1 aliphatic rings. The van der Waals surface area contributed by atoms with Crippen LogP contribution in [0.1, 0.15) is 35.1 Å². The van der Waals surface area contributed by atoms with Gasteiger partial charge in [-0.05, 0) is 42.3 Å². The fourth-order valence-corrected chi connectivity index (χ4v) is 3.04. The van der Waals surface area contributed by atoms with Gasteiger partial charge in [-0.15, -0.1) is 0 Å². The molecular weight excluding hydrogens is 332 g/mol. The number of para-hydroxylation sites is 1. The second kappa shape index (κ2) is 7.35. The van der Waals surface area contributed by atoms with Gasteiger partial charge >= 0.3 is 6.01 Å². The monoisotopic (exact) mass is 350 g/mol. The van der Waals surface area contributed by atoms with E-state index in [4.69, 9.17) is 9.26 Å². The van der Waals surface area contributed by atoms with E-state index in [1.165, 1.54) is 0 Å². The molecule has 0 spiro atoms. The van der Waals surface area contributed by atoms with Gasteiger partial charge in [-0.1, -0.05) is 24.3 Å². The van der Waals surface area contributed by atoms with E-state index in [0.717, 1.165) is 12.8 Å². The quantitative estimate of drug-likeness (QED) is 0.718. The van der Waals surface area contributed by atoms with Crippen LogP contribution < -0.4 is 4.74 Å². The van der Waals surface area contributed by atoms with E-state index < -0.39 is 0 Å². The Labute approximate surface area is 150 Å². The fraction of sp³-hybridized carbons (Fsp3) is 0.263. The van der Waals surface area contributed by atoms with Crippen molar-refractivity contribution in [1.29, 1.82) is 0 Å². The first kappa shape index (κ1) is 16.3. The number of likely N-dealkylation sites (tertiary alicyclic amines) is 1. The molecule has 1 aromatic carbocycles. The highest BCUT2D eigenvalue weighted by Gasteiger charge is 2.29. The summed E-state index contributed by atoms with van der Waals surface area (Å²) in [6, 6.07) is 14.8. The summed E-state index contributed by atoms with van der Waals surface area (Å²) in [5.41, 5.74) is 0.451. The van der Waals surface area contributed by atoms with E-state index in [2.05, 4.69) is 15.1 Å². The van der Waals surface area contributed by atoms with Gasteiger partial charge in [0.05, 0.1) is 5.92 Å². The third-order valence-corrected chi connectivity index (χ3v) is 4.32. The lowest BCUT2D eigenvalue weighted by atomic mass is 9.97. The molecule has 7 heteroatoms. The number of ether oxygens (including phenoxy) is 1. The van der Waals surface area contributed by atoms with Gasteiger partial charge in [0.25, 0.3) is 5.91 Å². The zero-order valence-corrected chi connectivity index (χ0v) is 14.1. The van der Waals surface area contributed by atoms with Gasteiger partial charge in [0, 0.05) is 19.3 Å². The maximum absolute atomic E-state index is 12.6. The Hall–Kier alpha value is -3.22. The Kier molecular flexibility index (Phi) is 4.59. The van der Waals surface area contributed by atoms with Crippen LogP contribution in [-0.4, -0.2) is 39.0 Å². The zero-order valence-electron chi connectivity index (χ0n) is 14.1. The van der Waals surface area contributed by atoms with E-state index in [1.807, 2.05) is 36.4 Å². The molecule has 7 nitrogen and oxygen atoms in total. The molecule has 4 rings (SSSR count). The molecule has 0 aliphatic carbocycles. The number of nitrogens with zero attached hydrogens (tertiary/aromatic N) is 4. The Balaban J connectivity index is 1.44. The molecule has 0 unspecified atom stereocenters. The smallest absolute Gasteiger partial charge is 0.359 e. The molecule has 0 saturated carbocycles. The van der Waals surface area contributed by atoms with Crippen molar-refractivity contribution in [2.24, 2.45) is 0 Å². The Morgan fingerprint density at radius 3 is 2.81 bits per heavy atom. The van der Waals surface area contributed by atoms with Crippen LogP contribution >= 0.6 is 0 Å². The van der Waals surface area contributed by atoms with Crippen LogP contribution in [0, 0.1) is 0 Å². The van der Waals surface area contributed by atoms with Crippen molar-refractivity contribution in [3.63, 3.8) is 0 Å². The summed E-state index contributed by atoms with van der Waals surface area (Å²) < 4.78 is 11.0. The van der Waals surface area contributed by atoms with Crippen molar-refractivity contribution in [2.45, 2.75) is 18.8 Å². The first-order valence-corrected chi connectivity index (χ1v) is 8.56. The molecule has 3 aromatic rings. The predicted octanol–water partition coefficient (Wildman–Crippen LogP) is 3.28. The average molecular weight is 350 g/mol. The molecule has 2 aromatic heterocycles. The van der Waals surface area contributed by atoms with Gasteiger partial charge in [-0.25, -0.2) is 0 Å². The second-order valence-corrected chi connectivity index (χ2v) is 6.14. The largest absolute Gasteiger partial charge is 0.422 e. The SMILES string of the molecule is O=C(c1ccccn1)N1CCC[C@H](c2nc(Oc3ccccc3)no2)C1. The number of aromatic nitrogens is 3. The van der Waals surface area contributed by atoms with E-state index in [9.17, 15) is 4.79 Å². The molecule has 26 heavy (non-hydrogen) atoms. The van der Waals surface area contributed by atoms with E-state index in [-0.39, 0.29) is 17.8 Å². The Bertz CT molecular complexity index is 867. The van der Waals surface area contributed by atoms with Crippen LogP contribution in [0.25, 0.3) is 0 Å². The normalized spacial score (nSPS) is 17.1. The number of carbonyl (C=O) groups excluding carboxylic acids is 1. The molecule has 1 amide bonds. The molecular formula is C19H18N4O3. The van der Waals surface area contributed by atoms with Crippen LogP contribution in [0.3, 0.4) is 0 Å². The van der Waals surface area contributed by atoms with Crippen molar-refractivity contribution in [2.75, 3.05) is 13.1 Å². The highest BCUT2D eigenvalue weighted by Crippen LogP contribution is 2.28. The van der Waals surface area contributed by atoms with Crippen molar-refractivity contribution in [3.8, 4) is 11.8 Å². The highest BCUT2D eigenvalue weighted by molar-refractivity contribution is 5.92. The third kappa shape index (κ3) is 3.56. The molecule has 1 aliphatic heterocycles. The van der Waals surface area contributed by atoms with Gasteiger partial charge in [0.2, 0.25) is 5.89 Å². The van der Waals surface area contributed by atoms with Gasteiger partial charge in [0.15, 0.2) is 0 Å². The van der Waals surface area contributed by atoms with Crippen LogP contribution in [-0.2, 0) is 0 Å². The van der Waals surface area contributed by atoms with Crippen LogP contribution in [0.15, 0.2) is 59.3 Å². The number of pyridine rings is 1. The molecule has 1 fully saturated rings. The standard InChI is InChI=1S/C19H18N4O3/c24-18(16-10-4-5-11-20-16)23-12-6-7-14(13-23)17-21-19(22-26-17)25-15-8-2-1-3-9-15/h1-5,8-11,14H,6-7,12-13H2/t14-/m0/s1. The topological polar surface area (TPSA) is 81.4 Å². The molecule has 1 atom stereocenters. The molecule has 0 bridgehead atoms. The van der Waals surface area contributed by atoms with E-state index >= 15 is 0 Å².